The first-order valence-corrected chi connectivity index (χ1v) is 8.60. The molecule has 1 heterocycles. The second-order valence-electron chi connectivity index (χ2n) is 5.38. The van der Waals surface area contributed by atoms with Crippen LogP contribution in [0.15, 0.2) is 11.2 Å². The number of rotatable bonds is 4. The summed E-state index contributed by atoms with van der Waals surface area (Å²) in [5.74, 6) is 1.64. The molecule has 19 heavy (non-hydrogen) atoms. The first-order chi connectivity index (χ1) is 8.95. The molecule has 1 aliphatic rings. The predicted octanol–water partition coefficient (Wildman–Crippen LogP) is 2.23. The van der Waals surface area contributed by atoms with E-state index in [1.54, 1.807) is 6.20 Å². The van der Waals surface area contributed by atoms with Crippen molar-refractivity contribution in [2.24, 2.45) is 11.1 Å². The van der Waals surface area contributed by atoms with Gasteiger partial charge in [-0.05, 0) is 31.6 Å². The van der Waals surface area contributed by atoms with Crippen molar-refractivity contribution in [1.29, 1.82) is 0 Å². The molecule has 1 aromatic rings. The van der Waals surface area contributed by atoms with Gasteiger partial charge >= 0.3 is 0 Å². The highest BCUT2D eigenvalue weighted by Crippen LogP contribution is 2.34. The van der Waals surface area contributed by atoms with Gasteiger partial charge in [0.2, 0.25) is 0 Å². The van der Waals surface area contributed by atoms with Crippen LogP contribution in [0.4, 0.5) is 0 Å². The number of aryl methyl sites for hydroxylation is 1. The van der Waals surface area contributed by atoms with Crippen LogP contribution in [-0.4, -0.2) is 18.0 Å². The highest BCUT2D eigenvalue weighted by Gasteiger charge is 2.25. The Morgan fingerprint density at radius 3 is 2.42 bits per heavy atom. The predicted molar refractivity (Wildman–Crippen MR) is 74.3 cm³/mol. The van der Waals surface area contributed by atoms with E-state index in [0.717, 1.165) is 31.0 Å². The van der Waals surface area contributed by atoms with Gasteiger partial charge in [0.25, 0.3) is 10.0 Å². The number of imidazole rings is 1. The lowest BCUT2D eigenvalue weighted by Crippen LogP contribution is -2.19. The summed E-state index contributed by atoms with van der Waals surface area (Å²) in [4.78, 5) is 4.16. The van der Waals surface area contributed by atoms with E-state index in [1.807, 2.05) is 11.5 Å². The molecule has 0 spiro atoms. The largest absolute Gasteiger partial charge is 0.330 e. The lowest BCUT2D eigenvalue weighted by molar-refractivity contribution is 0.266. The summed E-state index contributed by atoms with van der Waals surface area (Å²) >= 11 is 0. The standard InChI is InChI=1S/C13H23N3O2S/c1-3-10-5-7-11(8-6-10)16-9-13(19(14,17)18)15-12(16)4-2/h9-11H,3-8H2,1-2H3,(H2,14,17,18). The fourth-order valence-corrected chi connectivity index (χ4v) is 3.45. The van der Waals surface area contributed by atoms with Crippen molar-refractivity contribution in [3.63, 3.8) is 0 Å². The van der Waals surface area contributed by atoms with Crippen LogP contribution in [0, 0.1) is 5.92 Å². The molecular formula is C13H23N3O2S. The summed E-state index contributed by atoms with van der Waals surface area (Å²) in [5, 5.41) is 5.17. The van der Waals surface area contributed by atoms with Gasteiger partial charge in [0.05, 0.1) is 0 Å². The Labute approximate surface area is 115 Å². The second kappa shape index (κ2) is 5.63. The summed E-state index contributed by atoms with van der Waals surface area (Å²) < 4.78 is 24.8. The first kappa shape index (κ1) is 14.5. The Kier molecular flexibility index (Phi) is 4.30. The van der Waals surface area contributed by atoms with Crippen molar-refractivity contribution in [2.45, 2.75) is 63.4 Å². The highest BCUT2D eigenvalue weighted by molar-refractivity contribution is 7.89. The van der Waals surface area contributed by atoms with Crippen LogP contribution in [0.1, 0.15) is 57.8 Å². The smallest absolute Gasteiger partial charge is 0.257 e. The van der Waals surface area contributed by atoms with Crippen LogP contribution in [0.5, 0.6) is 0 Å². The summed E-state index contributed by atoms with van der Waals surface area (Å²) in [6, 6.07) is 0.376. The molecule has 2 rings (SSSR count). The van der Waals surface area contributed by atoms with Gasteiger partial charge in [-0.25, -0.2) is 18.5 Å². The number of aromatic nitrogens is 2. The molecule has 1 saturated carbocycles. The van der Waals surface area contributed by atoms with E-state index in [2.05, 4.69) is 11.9 Å². The maximum atomic E-state index is 11.4. The minimum Gasteiger partial charge on any atom is -0.330 e. The first-order valence-electron chi connectivity index (χ1n) is 7.06. The van der Waals surface area contributed by atoms with E-state index >= 15 is 0 Å². The fraction of sp³-hybridized carbons (Fsp3) is 0.769. The molecule has 0 amide bonds. The minimum absolute atomic E-state index is 0.00182. The number of primary sulfonamides is 1. The Balaban J connectivity index is 2.23. The molecular weight excluding hydrogens is 262 g/mol. The van der Waals surface area contributed by atoms with Crippen molar-refractivity contribution in [3.8, 4) is 0 Å². The van der Waals surface area contributed by atoms with E-state index in [0.29, 0.717) is 6.04 Å². The lowest BCUT2D eigenvalue weighted by Gasteiger charge is -2.29. The van der Waals surface area contributed by atoms with Crippen LogP contribution in [0.3, 0.4) is 0 Å². The maximum Gasteiger partial charge on any atom is 0.257 e. The third-order valence-corrected chi connectivity index (χ3v) is 4.96. The van der Waals surface area contributed by atoms with Crippen molar-refractivity contribution in [2.75, 3.05) is 0 Å². The average molecular weight is 285 g/mol. The van der Waals surface area contributed by atoms with Gasteiger partial charge in [-0.15, -0.1) is 0 Å². The average Bonchev–Trinajstić information content (AvgIpc) is 2.83. The lowest BCUT2D eigenvalue weighted by atomic mass is 9.84. The molecule has 108 valence electrons. The normalized spacial score (nSPS) is 24.6. The summed E-state index contributed by atoms with van der Waals surface area (Å²) in [6.45, 7) is 4.22. The molecule has 0 atom stereocenters. The van der Waals surface area contributed by atoms with E-state index in [1.165, 1.54) is 19.3 Å². The van der Waals surface area contributed by atoms with Crippen LogP contribution in [0.25, 0.3) is 0 Å². The molecule has 1 fully saturated rings. The minimum atomic E-state index is -3.70. The van der Waals surface area contributed by atoms with E-state index in [9.17, 15) is 8.42 Å². The van der Waals surface area contributed by atoms with E-state index in [-0.39, 0.29) is 5.03 Å². The van der Waals surface area contributed by atoms with Gasteiger partial charge in [-0.2, -0.15) is 0 Å². The number of nitrogens with two attached hydrogens (primary N) is 1. The van der Waals surface area contributed by atoms with E-state index < -0.39 is 10.0 Å². The highest BCUT2D eigenvalue weighted by atomic mass is 32.2. The molecule has 1 aliphatic carbocycles. The topological polar surface area (TPSA) is 78.0 Å². The van der Waals surface area contributed by atoms with Crippen molar-refractivity contribution >= 4 is 10.0 Å². The zero-order chi connectivity index (χ0) is 14.0. The fourth-order valence-electron chi connectivity index (χ4n) is 2.95. The summed E-state index contributed by atoms with van der Waals surface area (Å²) in [7, 11) is -3.70. The molecule has 0 aromatic carbocycles. The zero-order valence-corrected chi connectivity index (χ0v) is 12.5. The molecule has 0 aliphatic heterocycles. The van der Waals surface area contributed by atoms with Crippen molar-refractivity contribution < 1.29 is 8.42 Å². The van der Waals surface area contributed by atoms with Crippen LogP contribution < -0.4 is 5.14 Å². The summed E-state index contributed by atoms with van der Waals surface area (Å²) in [6.07, 6.45) is 8.21. The van der Waals surface area contributed by atoms with Crippen LogP contribution in [0.2, 0.25) is 0 Å². The van der Waals surface area contributed by atoms with Gasteiger partial charge in [0, 0.05) is 18.7 Å². The molecule has 0 unspecified atom stereocenters. The molecule has 0 bridgehead atoms. The third-order valence-electron chi connectivity index (χ3n) is 4.18. The number of hydrogen-bond acceptors (Lipinski definition) is 3. The van der Waals surface area contributed by atoms with Crippen molar-refractivity contribution in [3.05, 3.63) is 12.0 Å². The SMILES string of the molecule is CCc1nc(S(N)(=O)=O)cn1C1CCC(CC)CC1. The van der Waals surface area contributed by atoms with Gasteiger partial charge < -0.3 is 4.57 Å². The van der Waals surface area contributed by atoms with Crippen LogP contribution in [-0.2, 0) is 16.4 Å². The van der Waals surface area contributed by atoms with Gasteiger partial charge in [-0.3, -0.25) is 0 Å². The van der Waals surface area contributed by atoms with Crippen molar-refractivity contribution in [1.82, 2.24) is 9.55 Å². The second-order valence-corrected chi connectivity index (χ2v) is 6.89. The van der Waals surface area contributed by atoms with E-state index in [4.69, 9.17) is 5.14 Å². The van der Waals surface area contributed by atoms with Crippen LogP contribution >= 0.6 is 0 Å². The zero-order valence-electron chi connectivity index (χ0n) is 11.7. The molecule has 1 aromatic heterocycles. The maximum absolute atomic E-state index is 11.4. The Hall–Kier alpha value is -0.880. The Morgan fingerprint density at radius 1 is 1.32 bits per heavy atom. The van der Waals surface area contributed by atoms with Gasteiger partial charge in [0.1, 0.15) is 5.82 Å². The number of nitrogens with zero attached hydrogens (tertiary/aromatic N) is 2. The van der Waals surface area contributed by atoms with Gasteiger partial charge in [-0.1, -0.05) is 20.3 Å². The molecule has 5 nitrogen and oxygen atoms in total. The monoisotopic (exact) mass is 285 g/mol. The third kappa shape index (κ3) is 3.17. The summed E-state index contributed by atoms with van der Waals surface area (Å²) in [5.41, 5.74) is 0. The molecule has 6 heteroatoms. The Morgan fingerprint density at radius 2 is 1.95 bits per heavy atom. The number of sulfonamides is 1. The Bertz CT molecular complexity index is 528. The molecule has 0 radical (unpaired) electrons. The molecule has 0 saturated heterocycles. The quantitative estimate of drug-likeness (QED) is 0.921. The van der Waals surface area contributed by atoms with Gasteiger partial charge in [0.15, 0.2) is 5.03 Å². The molecule has 2 N–H and O–H groups in total. The number of hydrogen-bond donors (Lipinski definition) is 1.